The molecular formula is C24H25ClN4O4. The maximum Gasteiger partial charge on any atom is 0.322 e. The van der Waals surface area contributed by atoms with Gasteiger partial charge in [0.25, 0.3) is 5.89 Å². The average Bonchev–Trinajstić information content (AvgIpc) is 3.29. The Labute approximate surface area is 197 Å². The number of hydrogen-bond acceptors (Lipinski definition) is 6. The molecule has 0 aliphatic carbocycles. The Bertz CT molecular complexity index is 1160. The summed E-state index contributed by atoms with van der Waals surface area (Å²) in [5.74, 6) is 1.50. The zero-order chi connectivity index (χ0) is 23.4. The van der Waals surface area contributed by atoms with Gasteiger partial charge in [0, 0.05) is 23.4 Å². The highest BCUT2D eigenvalue weighted by Crippen LogP contribution is 2.37. The van der Waals surface area contributed by atoms with Crippen molar-refractivity contribution >= 4 is 23.2 Å². The fourth-order valence-corrected chi connectivity index (χ4v) is 3.95. The second kappa shape index (κ2) is 10.1. The van der Waals surface area contributed by atoms with Crippen molar-refractivity contribution in [1.82, 2.24) is 20.4 Å². The molecule has 0 fully saturated rings. The van der Waals surface area contributed by atoms with Gasteiger partial charge >= 0.3 is 6.03 Å². The summed E-state index contributed by atoms with van der Waals surface area (Å²) in [6.07, 6.45) is 0. The fraction of sp³-hybridized carbons (Fsp3) is 0.292. The number of amides is 2. The van der Waals surface area contributed by atoms with Crippen molar-refractivity contribution in [1.29, 1.82) is 0 Å². The van der Waals surface area contributed by atoms with E-state index < -0.39 is 6.04 Å². The van der Waals surface area contributed by atoms with Crippen LogP contribution in [0.25, 0.3) is 17.0 Å². The third-order valence-electron chi connectivity index (χ3n) is 5.38. The van der Waals surface area contributed by atoms with Crippen molar-refractivity contribution in [2.24, 2.45) is 0 Å². The summed E-state index contributed by atoms with van der Waals surface area (Å²) in [5, 5.41) is 7.80. The summed E-state index contributed by atoms with van der Waals surface area (Å²) in [4.78, 5) is 19.2. The van der Waals surface area contributed by atoms with Crippen LogP contribution in [0.2, 0.25) is 5.02 Å². The number of halogens is 1. The first-order chi connectivity index (χ1) is 16.0. The zero-order valence-corrected chi connectivity index (χ0v) is 19.4. The molecule has 0 saturated heterocycles. The number of nitrogens with zero attached hydrogens (tertiary/aromatic N) is 3. The quantitative estimate of drug-likeness (QED) is 0.504. The molecule has 1 atom stereocenters. The molecule has 0 radical (unpaired) electrons. The SMILES string of the molecule is CCOc1ccc(C2NC(=O)N(CCOC)C(C)=C2c2nc(-c3cccc(Cl)c3)no2)cc1. The van der Waals surface area contributed by atoms with Crippen LogP contribution >= 0.6 is 11.6 Å². The molecule has 2 aromatic carbocycles. The van der Waals surface area contributed by atoms with Crippen molar-refractivity contribution in [2.75, 3.05) is 26.9 Å². The Hall–Kier alpha value is -3.36. The van der Waals surface area contributed by atoms with Gasteiger partial charge in [0.1, 0.15) is 5.75 Å². The zero-order valence-electron chi connectivity index (χ0n) is 18.7. The lowest BCUT2D eigenvalue weighted by atomic mass is 9.94. The standard InChI is InChI=1S/C24H25ClN4O4/c1-4-32-19-10-8-16(9-11-19)21-20(15(2)29(12-13-31-3)24(30)26-21)23-27-22(28-33-23)17-6-5-7-18(25)14-17/h5-11,14,21H,4,12-13H2,1-3H3,(H,26,30). The number of urea groups is 1. The molecule has 9 heteroatoms. The lowest BCUT2D eigenvalue weighted by molar-refractivity contribution is 0.158. The Morgan fingerprint density at radius 1 is 1.21 bits per heavy atom. The molecule has 172 valence electrons. The molecule has 1 unspecified atom stereocenters. The number of carbonyl (C=O) groups is 1. The summed E-state index contributed by atoms with van der Waals surface area (Å²) in [5.41, 5.74) is 3.05. The number of methoxy groups -OCH3 is 1. The fourth-order valence-electron chi connectivity index (χ4n) is 3.76. The molecule has 0 saturated carbocycles. The van der Waals surface area contributed by atoms with Crippen LogP contribution in [0.3, 0.4) is 0 Å². The van der Waals surface area contributed by atoms with E-state index in [0.717, 1.165) is 28.1 Å². The molecule has 4 rings (SSSR count). The Balaban J connectivity index is 1.76. The third kappa shape index (κ3) is 4.86. The van der Waals surface area contributed by atoms with Crippen LogP contribution in [-0.2, 0) is 4.74 Å². The topological polar surface area (TPSA) is 89.7 Å². The van der Waals surface area contributed by atoms with E-state index >= 15 is 0 Å². The monoisotopic (exact) mass is 468 g/mol. The van der Waals surface area contributed by atoms with Gasteiger partial charge in [-0.2, -0.15) is 4.98 Å². The molecule has 2 heterocycles. The average molecular weight is 469 g/mol. The molecule has 1 aromatic heterocycles. The Morgan fingerprint density at radius 3 is 2.70 bits per heavy atom. The maximum absolute atomic E-state index is 12.9. The molecule has 0 spiro atoms. The van der Waals surface area contributed by atoms with Crippen molar-refractivity contribution in [3.05, 3.63) is 70.7 Å². The lowest BCUT2D eigenvalue weighted by Gasteiger charge is -2.35. The van der Waals surface area contributed by atoms with Gasteiger partial charge < -0.3 is 19.3 Å². The number of benzene rings is 2. The Kier molecular flexibility index (Phi) is 6.96. The summed E-state index contributed by atoms with van der Waals surface area (Å²) >= 11 is 6.12. The first kappa shape index (κ1) is 22.8. The minimum Gasteiger partial charge on any atom is -0.494 e. The van der Waals surface area contributed by atoms with E-state index in [4.69, 9.17) is 25.6 Å². The van der Waals surface area contributed by atoms with Gasteiger partial charge in [-0.05, 0) is 43.7 Å². The number of nitrogens with one attached hydrogen (secondary N) is 1. The van der Waals surface area contributed by atoms with Crippen molar-refractivity contribution in [3.63, 3.8) is 0 Å². The second-order valence-corrected chi connectivity index (χ2v) is 7.90. The summed E-state index contributed by atoms with van der Waals surface area (Å²) < 4.78 is 16.4. The summed E-state index contributed by atoms with van der Waals surface area (Å²) in [6, 6.07) is 14.1. The third-order valence-corrected chi connectivity index (χ3v) is 5.61. The van der Waals surface area contributed by atoms with Crippen molar-refractivity contribution < 1.29 is 18.8 Å². The van der Waals surface area contributed by atoms with Gasteiger partial charge in [-0.25, -0.2) is 4.79 Å². The highest BCUT2D eigenvalue weighted by Gasteiger charge is 2.35. The number of allylic oxidation sites excluding steroid dienone is 1. The van der Waals surface area contributed by atoms with E-state index in [2.05, 4.69) is 15.5 Å². The largest absolute Gasteiger partial charge is 0.494 e. The molecule has 3 aromatic rings. The molecule has 1 aliphatic rings. The lowest BCUT2D eigenvalue weighted by Crippen LogP contribution is -2.47. The number of aromatic nitrogens is 2. The molecule has 0 bridgehead atoms. The number of rotatable bonds is 8. The minimum atomic E-state index is -0.473. The predicted molar refractivity (Wildman–Crippen MR) is 125 cm³/mol. The van der Waals surface area contributed by atoms with Crippen molar-refractivity contribution in [3.8, 4) is 17.1 Å². The van der Waals surface area contributed by atoms with Crippen LogP contribution in [0.5, 0.6) is 5.75 Å². The first-order valence-electron chi connectivity index (χ1n) is 10.6. The van der Waals surface area contributed by atoms with E-state index in [0.29, 0.717) is 36.5 Å². The first-order valence-corrected chi connectivity index (χ1v) is 11.0. The van der Waals surface area contributed by atoms with Crippen LogP contribution in [0.15, 0.2) is 58.8 Å². The summed E-state index contributed by atoms with van der Waals surface area (Å²) in [6.45, 7) is 5.16. The highest BCUT2D eigenvalue weighted by molar-refractivity contribution is 6.30. The molecule has 1 aliphatic heterocycles. The van der Waals surface area contributed by atoms with Crippen molar-refractivity contribution in [2.45, 2.75) is 19.9 Å². The van der Waals surface area contributed by atoms with Gasteiger partial charge in [-0.3, -0.25) is 4.90 Å². The van der Waals surface area contributed by atoms with Gasteiger partial charge in [0.2, 0.25) is 5.82 Å². The minimum absolute atomic E-state index is 0.221. The molecule has 33 heavy (non-hydrogen) atoms. The number of carbonyl (C=O) groups excluding carboxylic acids is 1. The number of hydrogen-bond donors (Lipinski definition) is 1. The summed E-state index contributed by atoms with van der Waals surface area (Å²) in [7, 11) is 1.60. The van der Waals surface area contributed by atoms with Gasteiger partial charge in [-0.1, -0.05) is 41.0 Å². The van der Waals surface area contributed by atoms with Crippen LogP contribution in [0.4, 0.5) is 4.79 Å². The molecule has 1 N–H and O–H groups in total. The van der Waals surface area contributed by atoms with E-state index in [9.17, 15) is 4.79 Å². The van der Waals surface area contributed by atoms with Crippen LogP contribution in [-0.4, -0.2) is 47.9 Å². The molecule has 2 amide bonds. The highest BCUT2D eigenvalue weighted by atomic mass is 35.5. The maximum atomic E-state index is 12.9. The van der Waals surface area contributed by atoms with Crippen LogP contribution in [0.1, 0.15) is 31.3 Å². The molecular weight excluding hydrogens is 444 g/mol. The second-order valence-electron chi connectivity index (χ2n) is 7.46. The number of ether oxygens (including phenoxy) is 2. The molecule has 8 nitrogen and oxygen atoms in total. The van der Waals surface area contributed by atoms with E-state index in [1.807, 2.05) is 50.2 Å². The van der Waals surface area contributed by atoms with E-state index in [1.54, 1.807) is 24.1 Å². The smallest absolute Gasteiger partial charge is 0.322 e. The van der Waals surface area contributed by atoms with Gasteiger partial charge in [0.05, 0.1) is 31.4 Å². The van der Waals surface area contributed by atoms with E-state index in [-0.39, 0.29) is 6.03 Å². The van der Waals surface area contributed by atoms with Gasteiger partial charge in [0.15, 0.2) is 0 Å². The van der Waals surface area contributed by atoms with Crippen LogP contribution in [0, 0.1) is 0 Å². The van der Waals surface area contributed by atoms with Gasteiger partial charge in [-0.15, -0.1) is 0 Å². The van der Waals surface area contributed by atoms with Crippen LogP contribution < -0.4 is 10.1 Å². The predicted octanol–water partition coefficient (Wildman–Crippen LogP) is 4.93. The Morgan fingerprint density at radius 2 is 2.00 bits per heavy atom. The van der Waals surface area contributed by atoms with E-state index in [1.165, 1.54) is 0 Å². The normalized spacial score (nSPS) is 16.2.